The number of nitrogens with zero attached hydrogens (tertiary/aromatic N) is 5. The second-order valence-corrected chi connectivity index (χ2v) is 5.77. The Morgan fingerprint density at radius 2 is 1.81 bits per heavy atom. The van der Waals surface area contributed by atoms with Crippen LogP contribution in [0.3, 0.4) is 0 Å². The van der Waals surface area contributed by atoms with E-state index in [9.17, 15) is 0 Å². The van der Waals surface area contributed by atoms with Crippen LogP contribution in [0.4, 0.5) is 17.5 Å². The van der Waals surface area contributed by atoms with Gasteiger partial charge in [0, 0.05) is 11.8 Å². The number of hydrogen-bond donors (Lipinski definition) is 2. The molecule has 7 heteroatoms. The minimum absolute atomic E-state index is 0.350. The SMILES string of the molecule is Cc1nc2ccccc2n1-c1cc(N)nc(Nc2ccc(C#N)cc2)n1. The highest BCUT2D eigenvalue weighted by Crippen LogP contribution is 2.22. The van der Waals surface area contributed by atoms with Gasteiger partial charge in [0.1, 0.15) is 17.5 Å². The van der Waals surface area contributed by atoms with Crippen LogP contribution in [0.5, 0.6) is 0 Å². The topological polar surface area (TPSA) is 105 Å². The average molecular weight is 341 g/mol. The predicted molar refractivity (Wildman–Crippen MR) is 100 cm³/mol. The normalized spacial score (nSPS) is 10.6. The molecule has 0 saturated heterocycles. The highest BCUT2D eigenvalue weighted by molar-refractivity contribution is 5.78. The van der Waals surface area contributed by atoms with Crippen molar-refractivity contribution in [2.24, 2.45) is 0 Å². The van der Waals surface area contributed by atoms with E-state index < -0.39 is 0 Å². The first-order valence-electron chi connectivity index (χ1n) is 8.00. The molecule has 0 unspecified atom stereocenters. The maximum Gasteiger partial charge on any atom is 0.231 e. The zero-order valence-electron chi connectivity index (χ0n) is 14.0. The fourth-order valence-corrected chi connectivity index (χ4v) is 2.82. The van der Waals surface area contributed by atoms with E-state index in [2.05, 4.69) is 26.3 Å². The van der Waals surface area contributed by atoms with Gasteiger partial charge in [-0.15, -0.1) is 0 Å². The maximum absolute atomic E-state index is 8.89. The number of nitrogens with two attached hydrogens (primary N) is 1. The third kappa shape index (κ3) is 2.80. The van der Waals surface area contributed by atoms with Crippen LogP contribution >= 0.6 is 0 Å². The Hall–Kier alpha value is -3.92. The molecule has 4 rings (SSSR count). The molecule has 7 nitrogen and oxygen atoms in total. The molecule has 2 aromatic heterocycles. The van der Waals surface area contributed by atoms with Gasteiger partial charge in [0.05, 0.1) is 22.7 Å². The summed E-state index contributed by atoms with van der Waals surface area (Å²) in [5.74, 6) is 2.18. The second-order valence-electron chi connectivity index (χ2n) is 5.77. The number of fused-ring (bicyclic) bond motifs is 1. The Bertz CT molecular complexity index is 1140. The van der Waals surface area contributed by atoms with Gasteiger partial charge in [0.25, 0.3) is 0 Å². The van der Waals surface area contributed by atoms with Gasteiger partial charge in [0.15, 0.2) is 0 Å². The van der Waals surface area contributed by atoms with E-state index in [1.165, 1.54) is 0 Å². The molecule has 0 fully saturated rings. The summed E-state index contributed by atoms with van der Waals surface area (Å²) < 4.78 is 1.94. The van der Waals surface area contributed by atoms with E-state index >= 15 is 0 Å². The lowest BCUT2D eigenvalue weighted by molar-refractivity contribution is 0.947. The molecule has 0 atom stereocenters. The molecule has 26 heavy (non-hydrogen) atoms. The number of aryl methyl sites for hydroxylation is 1. The first-order valence-corrected chi connectivity index (χ1v) is 8.00. The van der Waals surface area contributed by atoms with E-state index in [-0.39, 0.29) is 0 Å². The fourth-order valence-electron chi connectivity index (χ4n) is 2.82. The third-order valence-electron chi connectivity index (χ3n) is 3.96. The molecule has 4 aromatic rings. The van der Waals surface area contributed by atoms with Crippen LogP contribution in [0.1, 0.15) is 11.4 Å². The van der Waals surface area contributed by atoms with E-state index in [0.717, 1.165) is 22.5 Å². The highest BCUT2D eigenvalue weighted by atomic mass is 15.2. The van der Waals surface area contributed by atoms with Gasteiger partial charge in [0.2, 0.25) is 5.95 Å². The number of nitriles is 1. The van der Waals surface area contributed by atoms with Gasteiger partial charge in [-0.3, -0.25) is 4.57 Å². The number of benzene rings is 2. The summed E-state index contributed by atoms with van der Waals surface area (Å²) in [7, 11) is 0. The Labute approximate surface area is 149 Å². The number of aromatic nitrogens is 4. The van der Waals surface area contributed by atoms with Gasteiger partial charge < -0.3 is 11.1 Å². The summed E-state index contributed by atoms with van der Waals surface area (Å²) in [5, 5.41) is 12.0. The number of para-hydroxylation sites is 2. The summed E-state index contributed by atoms with van der Waals surface area (Å²) in [5.41, 5.74) is 9.19. The molecule has 0 spiro atoms. The first kappa shape index (κ1) is 15.6. The van der Waals surface area contributed by atoms with Crippen molar-refractivity contribution in [3.8, 4) is 11.9 Å². The van der Waals surface area contributed by atoms with E-state index in [1.54, 1.807) is 30.3 Å². The van der Waals surface area contributed by atoms with Crippen molar-refractivity contribution in [1.29, 1.82) is 5.26 Å². The average Bonchev–Trinajstić information content (AvgIpc) is 2.97. The predicted octanol–water partition coefficient (Wildman–Crippen LogP) is 3.32. The van der Waals surface area contributed by atoms with Crippen LogP contribution in [0.15, 0.2) is 54.6 Å². The lowest BCUT2D eigenvalue weighted by Crippen LogP contribution is -2.06. The zero-order chi connectivity index (χ0) is 18.1. The molecule has 0 bridgehead atoms. The molecular weight excluding hydrogens is 326 g/mol. The second kappa shape index (κ2) is 6.18. The standard InChI is InChI=1S/C19H15N7/c1-12-22-15-4-2-3-5-16(15)26(12)18-10-17(21)24-19(25-18)23-14-8-6-13(11-20)7-9-14/h2-10H,1H3,(H3,21,23,24,25). The van der Waals surface area contributed by atoms with E-state index in [0.29, 0.717) is 23.1 Å². The molecular formula is C19H15N7. The molecule has 0 aliphatic heterocycles. The summed E-state index contributed by atoms with van der Waals surface area (Å²) in [6, 6.07) is 18.7. The van der Waals surface area contributed by atoms with Crippen molar-refractivity contribution in [3.63, 3.8) is 0 Å². The summed E-state index contributed by atoms with van der Waals surface area (Å²) in [6.07, 6.45) is 0. The Morgan fingerprint density at radius 3 is 2.58 bits per heavy atom. The minimum atomic E-state index is 0.350. The van der Waals surface area contributed by atoms with Crippen LogP contribution in [-0.4, -0.2) is 19.5 Å². The number of rotatable bonds is 3. The van der Waals surface area contributed by atoms with Crippen molar-refractivity contribution in [2.45, 2.75) is 6.92 Å². The Balaban J connectivity index is 1.76. The largest absolute Gasteiger partial charge is 0.383 e. The summed E-state index contributed by atoms with van der Waals surface area (Å²) >= 11 is 0. The van der Waals surface area contributed by atoms with Crippen molar-refractivity contribution >= 4 is 28.5 Å². The molecule has 0 saturated carbocycles. The van der Waals surface area contributed by atoms with Crippen LogP contribution in [0, 0.1) is 18.3 Å². The van der Waals surface area contributed by atoms with Crippen LogP contribution in [0.2, 0.25) is 0 Å². The van der Waals surface area contributed by atoms with Crippen LogP contribution in [-0.2, 0) is 0 Å². The molecule has 2 heterocycles. The van der Waals surface area contributed by atoms with Gasteiger partial charge in [-0.05, 0) is 43.3 Å². The molecule has 2 aromatic carbocycles. The monoisotopic (exact) mass is 341 g/mol. The number of anilines is 3. The Morgan fingerprint density at radius 1 is 1.04 bits per heavy atom. The smallest absolute Gasteiger partial charge is 0.231 e. The fraction of sp³-hybridized carbons (Fsp3) is 0.0526. The van der Waals surface area contributed by atoms with Crippen LogP contribution in [0.25, 0.3) is 16.9 Å². The maximum atomic E-state index is 8.89. The lowest BCUT2D eigenvalue weighted by atomic mass is 10.2. The van der Waals surface area contributed by atoms with Crippen molar-refractivity contribution < 1.29 is 0 Å². The summed E-state index contributed by atoms with van der Waals surface area (Å²) in [6.45, 7) is 1.92. The van der Waals surface area contributed by atoms with Gasteiger partial charge in [-0.2, -0.15) is 15.2 Å². The number of imidazole rings is 1. The number of hydrogen-bond acceptors (Lipinski definition) is 6. The van der Waals surface area contributed by atoms with Gasteiger partial charge in [-0.1, -0.05) is 12.1 Å². The molecule has 0 aliphatic rings. The van der Waals surface area contributed by atoms with Gasteiger partial charge >= 0.3 is 0 Å². The quantitative estimate of drug-likeness (QED) is 0.592. The van der Waals surface area contributed by atoms with E-state index in [4.69, 9.17) is 11.0 Å². The van der Waals surface area contributed by atoms with Crippen molar-refractivity contribution in [3.05, 3.63) is 66.0 Å². The Kier molecular flexibility index (Phi) is 3.71. The first-order chi connectivity index (χ1) is 12.6. The zero-order valence-corrected chi connectivity index (χ0v) is 14.0. The van der Waals surface area contributed by atoms with Gasteiger partial charge in [-0.25, -0.2) is 4.98 Å². The molecule has 0 radical (unpaired) electrons. The molecule has 3 N–H and O–H groups in total. The van der Waals surface area contributed by atoms with Crippen molar-refractivity contribution in [1.82, 2.24) is 19.5 Å². The third-order valence-corrected chi connectivity index (χ3v) is 3.96. The number of nitrogens with one attached hydrogen (secondary N) is 1. The minimum Gasteiger partial charge on any atom is -0.383 e. The van der Waals surface area contributed by atoms with Crippen molar-refractivity contribution in [2.75, 3.05) is 11.1 Å². The highest BCUT2D eigenvalue weighted by Gasteiger charge is 2.12. The van der Waals surface area contributed by atoms with Crippen LogP contribution < -0.4 is 11.1 Å². The molecule has 126 valence electrons. The molecule has 0 amide bonds. The summed E-state index contributed by atoms with van der Waals surface area (Å²) in [4.78, 5) is 13.4. The lowest BCUT2D eigenvalue weighted by Gasteiger charge is -2.10. The molecule has 0 aliphatic carbocycles. The van der Waals surface area contributed by atoms with E-state index in [1.807, 2.05) is 35.8 Å². The number of nitrogen functional groups attached to an aromatic ring is 1.